The van der Waals surface area contributed by atoms with Crippen molar-refractivity contribution < 1.29 is 4.74 Å². The van der Waals surface area contributed by atoms with E-state index in [9.17, 15) is 0 Å². The van der Waals surface area contributed by atoms with Crippen LogP contribution in [0.2, 0.25) is 0 Å². The van der Waals surface area contributed by atoms with Crippen molar-refractivity contribution in [1.29, 1.82) is 0 Å². The second kappa shape index (κ2) is 3.85. The molecule has 0 atom stereocenters. The molecule has 0 saturated heterocycles. The molecule has 0 spiro atoms. The van der Waals surface area contributed by atoms with Gasteiger partial charge in [-0.1, -0.05) is 6.07 Å². The van der Waals surface area contributed by atoms with Gasteiger partial charge in [-0.25, -0.2) is 4.98 Å². The third kappa shape index (κ3) is 2.03. The van der Waals surface area contributed by atoms with E-state index >= 15 is 0 Å². The van der Waals surface area contributed by atoms with E-state index in [0.29, 0.717) is 6.73 Å². The number of rotatable bonds is 3. The van der Waals surface area contributed by atoms with Crippen molar-refractivity contribution in [2.45, 2.75) is 0 Å². The summed E-state index contributed by atoms with van der Waals surface area (Å²) in [7, 11) is 1.63. The Morgan fingerprint density at radius 1 is 1.60 bits per heavy atom. The maximum atomic E-state index is 4.79. The molecule has 0 unspecified atom stereocenters. The van der Waals surface area contributed by atoms with Crippen LogP contribution in [0, 0.1) is 0 Å². The standard InChI is InChI=1S/C7H10N2O/c1-10-6-9-7-4-2-3-5-8-7/h2-5H,6H2,1H3,(H,8,9). The normalized spacial score (nSPS) is 9.30. The van der Waals surface area contributed by atoms with E-state index in [-0.39, 0.29) is 0 Å². The van der Waals surface area contributed by atoms with E-state index in [1.807, 2.05) is 18.2 Å². The Kier molecular flexibility index (Phi) is 2.70. The van der Waals surface area contributed by atoms with E-state index in [1.165, 1.54) is 0 Å². The molecular weight excluding hydrogens is 128 g/mol. The summed E-state index contributed by atoms with van der Waals surface area (Å²) >= 11 is 0. The Morgan fingerprint density at radius 3 is 3.10 bits per heavy atom. The molecule has 0 amide bonds. The van der Waals surface area contributed by atoms with Crippen molar-refractivity contribution in [3.8, 4) is 0 Å². The Balaban J connectivity index is 2.43. The molecule has 54 valence electrons. The molecule has 0 aliphatic carbocycles. The number of ether oxygens (including phenoxy) is 1. The van der Waals surface area contributed by atoms with Gasteiger partial charge in [0, 0.05) is 13.3 Å². The number of nitrogens with zero attached hydrogens (tertiary/aromatic N) is 1. The largest absolute Gasteiger partial charge is 0.365 e. The molecule has 0 saturated carbocycles. The van der Waals surface area contributed by atoms with Crippen LogP contribution in [-0.2, 0) is 4.74 Å². The fraction of sp³-hybridized carbons (Fsp3) is 0.286. The fourth-order valence-electron chi connectivity index (χ4n) is 0.613. The second-order valence-corrected chi connectivity index (χ2v) is 1.82. The highest BCUT2D eigenvalue weighted by atomic mass is 16.5. The van der Waals surface area contributed by atoms with E-state index in [2.05, 4.69) is 10.3 Å². The molecule has 1 heterocycles. The monoisotopic (exact) mass is 138 g/mol. The summed E-state index contributed by atoms with van der Waals surface area (Å²) in [6.07, 6.45) is 1.73. The Bertz CT molecular complexity index is 176. The van der Waals surface area contributed by atoms with E-state index in [4.69, 9.17) is 4.74 Å². The lowest BCUT2D eigenvalue weighted by molar-refractivity contribution is 0.221. The number of aromatic nitrogens is 1. The lowest BCUT2D eigenvalue weighted by Crippen LogP contribution is -2.03. The van der Waals surface area contributed by atoms with Crippen LogP contribution in [0.4, 0.5) is 5.82 Å². The minimum atomic E-state index is 0.497. The Labute approximate surface area is 60.0 Å². The van der Waals surface area contributed by atoms with Gasteiger partial charge in [0.2, 0.25) is 0 Å². The van der Waals surface area contributed by atoms with Gasteiger partial charge in [0.05, 0.1) is 0 Å². The van der Waals surface area contributed by atoms with Gasteiger partial charge in [-0.3, -0.25) is 0 Å². The summed E-state index contributed by atoms with van der Waals surface area (Å²) in [6.45, 7) is 0.497. The van der Waals surface area contributed by atoms with Crippen LogP contribution in [0.1, 0.15) is 0 Å². The first-order valence-electron chi connectivity index (χ1n) is 3.07. The van der Waals surface area contributed by atoms with Crippen LogP contribution in [0.3, 0.4) is 0 Å². The van der Waals surface area contributed by atoms with Gasteiger partial charge in [-0.15, -0.1) is 0 Å². The lowest BCUT2D eigenvalue weighted by atomic mass is 10.5. The molecule has 1 N–H and O–H groups in total. The molecule has 0 aromatic carbocycles. The van der Waals surface area contributed by atoms with Crippen LogP contribution in [0.15, 0.2) is 24.4 Å². The highest BCUT2D eigenvalue weighted by molar-refractivity contribution is 5.32. The zero-order valence-electron chi connectivity index (χ0n) is 5.87. The molecule has 0 fully saturated rings. The minimum absolute atomic E-state index is 0.497. The second-order valence-electron chi connectivity index (χ2n) is 1.82. The highest BCUT2D eigenvalue weighted by Crippen LogP contribution is 1.97. The van der Waals surface area contributed by atoms with Gasteiger partial charge < -0.3 is 10.1 Å². The van der Waals surface area contributed by atoms with Gasteiger partial charge >= 0.3 is 0 Å². The maximum absolute atomic E-state index is 4.79. The Hall–Kier alpha value is -1.09. The van der Waals surface area contributed by atoms with Gasteiger partial charge in [-0.2, -0.15) is 0 Å². The van der Waals surface area contributed by atoms with Crippen molar-refractivity contribution in [1.82, 2.24) is 4.98 Å². The Morgan fingerprint density at radius 2 is 2.50 bits per heavy atom. The number of hydrogen-bond acceptors (Lipinski definition) is 3. The topological polar surface area (TPSA) is 34.1 Å². The van der Waals surface area contributed by atoms with Gasteiger partial charge in [0.25, 0.3) is 0 Å². The van der Waals surface area contributed by atoms with Gasteiger partial charge in [0.1, 0.15) is 12.5 Å². The quantitative estimate of drug-likeness (QED) is 0.635. The van der Waals surface area contributed by atoms with Crippen molar-refractivity contribution in [2.75, 3.05) is 19.2 Å². The molecule has 3 nitrogen and oxygen atoms in total. The molecule has 3 heteroatoms. The average molecular weight is 138 g/mol. The van der Waals surface area contributed by atoms with Crippen molar-refractivity contribution in [3.05, 3.63) is 24.4 Å². The van der Waals surface area contributed by atoms with Crippen molar-refractivity contribution >= 4 is 5.82 Å². The number of methoxy groups -OCH3 is 1. The summed E-state index contributed by atoms with van der Waals surface area (Å²) in [5.74, 6) is 0.837. The van der Waals surface area contributed by atoms with Gasteiger partial charge in [-0.05, 0) is 12.1 Å². The average Bonchev–Trinajstić information content (AvgIpc) is 2.03. The number of nitrogens with one attached hydrogen (secondary N) is 1. The highest BCUT2D eigenvalue weighted by Gasteiger charge is 1.85. The van der Waals surface area contributed by atoms with Crippen LogP contribution < -0.4 is 5.32 Å². The van der Waals surface area contributed by atoms with Gasteiger partial charge in [0.15, 0.2) is 0 Å². The summed E-state index contributed by atoms with van der Waals surface area (Å²) < 4.78 is 4.79. The van der Waals surface area contributed by atoms with E-state index in [1.54, 1.807) is 13.3 Å². The first kappa shape index (κ1) is 7.02. The van der Waals surface area contributed by atoms with Crippen LogP contribution in [0.5, 0.6) is 0 Å². The maximum Gasteiger partial charge on any atom is 0.127 e. The predicted molar refractivity (Wildman–Crippen MR) is 39.7 cm³/mol. The van der Waals surface area contributed by atoms with Crippen molar-refractivity contribution in [2.24, 2.45) is 0 Å². The third-order valence-electron chi connectivity index (χ3n) is 1.06. The molecule has 1 aromatic heterocycles. The smallest absolute Gasteiger partial charge is 0.127 e. The molecular formula is C7H10N2O. The zero-order chi connectivity index (χ0) is 7.23. The number of hydrogen-bond donors (Lipinski definition) is 1. The minimum Gasteiger partial charge on any atom is -0.365 e. The summed E-state index contributed by atoms with van der Waals surface area (Å²) in [5.41, 5.74) is 0. The fourth-order valence-corrected chi connectivity index (χ4v) is 0.613. The van der Waals surface area contributed by atoms with Crippen LogP contribution >= 0.6 is 0 Å². The molecule has 0 radical (unpaired) electrons. The first-order valence-corrected chi connectivity index (χ1v) is 3.07. The van der Waals surface area contributed by atoms with Crippen LogP contribution in [0.25, 0.3) is 0 Å². The number of pyridine rings is 1. The molecule has 1 aromatic rings. The third-order valence-corrected chi connectivity index (χ3v) is 1.06. The van der Waals surface area contributed by atoms with Crippen molar-refractivity contribution in [3.63, 3.8) is 0 Å². The number of anilines is 1. The zero-order valence-corrected chi connectivity index (χ0v) is 5.87. The summed E-state index contributed by atoms with van der Waals surface area (Å²) in [5, 5.41) is 2.96. The van der Waals surface area contributed by atoms with Crippen LogP contribution in [-0.4, -0.2) is 18.8 Å². The summed E-state index contributed by atoms with van der Waals surface area (Å²) in [6, 6.07) is 5.68. The van der Waals surface area contributed by atoms with E-state index < -0.39 is 0 Å². The molecule has 0 aliphatic heterocycles. The summed E-state index contributed by atoms with van der Waals surface area (Å²) in [4.78, 5) is 4.03. The lowest BCUT2D eigenvalue weighted by Gasteiger charge is -2.01. The SMILES string of the molecule is COCNc1ccccn1. The molecule has 10 heavy (non-hydrogen) atoms. The molecule has 1 rings (SSSR count). The first-order chi connectivity index (χ1) is 4.93. The molecule has 0 aliphatic rings. The van der Waals surface area contributed by atoms with E-state index in [0.717, 1.165) is 5.82 Å². The molecule has 0 bridgehead atoms. The predicted octanol–water partition coefficient (Wildman–Crippen LogP) is 1.10.